The smallest absolute Gasteiger partial charge is 0.300 e. The number of hydrogen-bond acceptors (Lipinski definition) is 5. The first-order valence-electron chi connectivity index (χ1n) is 10.4. The zero-order valence-corrected chi connectivity index (χ0v) is 17.6. The SMILES string of the molecule is Cc1ccc(C2/C(=C(/O)c3ccc4c(c3)CCCO4)C(=O)C(=O)N2c2ccc(F)cc2F)o1. The van der Waals surface area contributed by atoms with Crippen molar-refractivity contribution < 1.29 is 32.6 Å². The van der Waals surface area contributed by atoms with Gasteiger partial charge in [0.25, 0.3) is 11.7 Å². The van der Waals surface area contributed by atoms with Crippen molar-refractivity contribution in [1.82, 2.24) is 0 Å². The molecule has 33 heavy (non-hydrogen) atoms. The molecule has 2 aromatic carbocycles. The Kier molecular flexibility index (Phi) is 5.00. The van der Waals surface area contributed by atoms with Gasteiger partial charge in [0.15, 0.2) is 0 Å². The predicted octanol–water partition coefficient (Wildman–Crippen LogP) is 4.82. The Morgan fingerprint density at radius 3 is 2.64 bits per heavy atom. The van der Waals surface area contributed by atoms with E-state index in [1.54, 1.807) is 37.3 Å². The minimum atomic E-state index is -1.23. The van der Waals surface area contributed by atoms with Crippen LogP contribution in [0.2, 0.25) is 0 Å². The highest BCUT2D eigenvalue weighted by Gasteiger charge is 2.49. The van der Waals surface area contributed by atoms with Gasteiger partial charge in [0, 0.05) is 11.6 Å². The average molecular weight is 451 g/mol. The highest BCUT2D eigenvalue weighted by molar-refractivity contribution is 6.51. The Morgan fingerprint density at radius 1 is 1.09 bits per heavy atom. The van der Waals surface area contributed by atoms with Crippen LogP contribution in [0.4, 0.5) is 14.5 Å². The molecule has 1 N–H and O–H groups in total. The molecule has 8 heteroatoms. The molecular weight excluding hydrogens is 432 g/mol. The van der Waals surface area contributed by atoms with Crippen molar-refractivity contribution in [2.75, 3.05) is 11.5 Å². The van der Waals surface area contributed by atoms with Gasteiger partial charge in [-0.25, -0.2) is 8.78 Å². The second-order valence-electron chi connectivity index (χ2n) is 7.99. The minimum absolute atomic E-state index is 0.165. The van der Waals surface area contributed by atoms with Crippen LogP contribution in [0.15, 0.2) is 58.5 Å². The summed E-state index contributed by atoms with van der Waals surface area (Å²) < 4.78 is 39.5. The minimum Gasteiger partial charge on any atom is -0.507 e. The zero-order chi connectivity index (χ0) is 23.3. The third-order valence-corrected chi connectivity index (χ3v) is 5.83. The number of rotatable bonds is 3. The molecular formula is C25H19F2NO5. The fraction of sp³-hybridized carbons (Fsp3) is 0.200. The third kappa shape index (κ3) is 3.47. The third-order valence-electron chi connectivity index (χ3n) is 5.83. The number of carbonyl (C=O) groups is 2. The number of aryl methyl sites for hydroxylation is 2. The van der Waals surface area contributed by atoms with Crippen LogP contribution >= 0.6 is 0 Å². The Balaban J connectivity index is 1.70. The quantitative estimate of drug-likeness (QED) is 0.351. The van der Waals surface area contributed by atoms with E-state index in [2.05, 4.69) is 0 Å². The van der Waals surface area contributed by atoms with Crippen molar-refractivity contribution in [1.29, 1.82) is 0 Å². The largest absolute Gasteiger partial charge is 0.507 e. The van der Waals surface area contributed by atoms with Gasteiger partial charge in [-0.3, -0.25) is 14.5 Å². The normalized spacial score (nSPS) is 19.5. The van der Waals surface area contributed by atoms with Crippen LogP contribution in [0.5, 0.6) is 5.75 Å². The molecule has 2 aliphatic heterocycles. The molecule has 1 unspecified atom stereocenters. The molecule has 0 saturated carbocycles. The Labute approximate surface area is 187 Å². The summed E-state index contributed by atoms with van der Waals surface area (Å²) in [6, 6.07) is 9.65. The summed E-state index contributed by atoms with van der Waals surface area (Å²) in [5, 5.41) is 11.2. The molecule has 0 radical (unpaired) electrons. The lowest BCUT2D eigenvalue weighted by atomic mass is 9.96. The fourth-order valence-electron chi connectivity index (χ4n) is 4.29. The van der Waals surface area contributed by atoms with Crippen molar-refractivity contribution in [2.24, 2.45) is 0 Å². The highest BCUT2D eigenvalue weighted by Crippen LogP contribution is 2.43. The lowest BCUT2D eigenvalue weighted by molar-refractivity contribution is -0.132. The first-order valence-corrected chi connectivity index (χ1v) is 10.4. The second-order valence-corrected chi connectivity index (χ2v) is 7.99. The standard InChI is InChI=1S/C25H19F2NO5/c1-13-4-8-20(33-13)22-21(23(29)15-5-9-19-14(11-15)3-2-10-32-19)24(30)25(31)28(22)18-7-6-16(26)12-17(18)27/h4-9,11-12,22,29H,2-3,10H2,1H3/b23-21-. The number of ketones is 1. The van der Waals surface area contributed by atoms with Gasteiger partial charge in [0.1, 0.15) is 40.7 Å². The lowest BCUT2D eigenvalue weighted by Crippen LogP contribution is -2.30. The average Bonchev–Trinajstić information content (AvgIpc) is 3.34. The van der Waals surface area contributed by atoms with E-state index in [1.807, 2.05) is 0 Å². The van der Waals surface area contributed by atoms with E-state index >= 15 is 0 Å². The van der Waals surface area contributed by atoms with Gasteiger partial charge < -0.3 is 14.3 Å². The second kappa shape index (κ2) is 7.88. The van der Waals surface area contributed by atoms with Crippen molar-refractivity contribution >= 4 is 23.1 Å². The maximum absolute atomic E-state index is 14.7. The van der Waals surface area contributed by atoms with Crippen molar-refractivity contribution in [3.63, 3.8) is 0 Å². The van der Waals surface area contributed by atoms with Gasteiger partial charge in [-0.1, -0.05) is 0 Å². The number of nitrogens with zero attached hydrogens (tertiary/aromatic N) is 1. The fourth-order valence-corrected chi connectivity index (χ4v) is 4.29. The molecule has 0 aliphatic carbocycles. The van der Waals surface area contributed by atoms with Gasteiger partial charge in [0.2, 0.25) is 0 Å². The number of aliphatic hydroxyl groups excluding tert-OH is 1. The Bertz CT molecular complexity index is 1330. The lowest BCUT2D eigenvalue weighted by Gasteiger charge is -2.24. The summed E-state index contributed by atoms with van der Waals surface area (Å²) in [5.74, 6) is -2.94. The van der Waals surface area contributed by atoms with E-state index in [-0.39, 0.29) is 17.0 Å². The molecule has 1 amide bonds. The van der Waals surface area contributed by atoms with E-state index in [9.17, 15) is 23.5 Å². The Morgan fingerprint density at radius 2 is 1.91 bits per heavy atom. The van der Waals surface area contributed by atoms with Gasteiger partial charge in [-0.15, -0.1) is 0 Å². The van der Waals surface area contributed by atoms with Crippen molar-refractivity contribution in [3.8, 4) is 5.75 Å². The number of anilines is 1. The van der Waals surface area contributed by atoms with Gasteiger partial charge in [0.05, 0.1) is 17.9 Å². The van der Waals surface area contributed by atoms with E-state index in [4.69, 9.17) is 9.15 Å². The number of aliphatic hydroxyl groups is 1. The molecule has 3 aromatic rings. The van der Waals surface area contributed by atoms with Crippen LogP contribution in [0.1, 0.15) is 35.1 Å². The summed E-state index contributed by atoms with van der Waals surface area (Å²) in [4.78, 5) is 27.0. The molecule has 1 fully saturated rings. The number of amides is 1. The molecule has 1 saturated heterocycles. The number of ether oxygens (including phenoxy) is 1. The number of hydrogen-bond donors (Lipinski definition) is 1. The van der Waals surface area contributed by atoms with Crippen molar-refractivity contribution in [3.05, 3.63) is 88.4 Å². The van der Waals surface area contributed by atoms with Gasteiger partial charge >= 0.3 is 0 Å². The summed E-state index contributed by atoms with van der Waals surface area (Å²) >= 11 is 0. The van der Waals surface area contributed by atoms with E-state index in [0.717, 1.165) is 35.4 Å². The van der Waals surface area contributed by atoms with Crippen LogP contribution in [0, 0.1) is 18.6 Å². The number of benzene rings is 2. The number of furan rings is 1. The number of Topliss-reactive ketones (excluding diaryl/α,β-unsaturated/α-hetero) is 1. The zero-order valence-electron chi connectivity index (χ0n) is 17.6. The molecule has 1 aromatic heterocycles. The summed E-state index contributed by atoms with van der Waals surface area (Å²) in [5.41, 5.74) is 0.657. The van der Waals surface area contributed by atoms with Crippen LogP contribution in [0.3, 0.4) is 0 Å². The first-order chi connectivity index (χ1) is 15.8. The van der Waals surface area contributed by atoms with E-state index < -0.39 is 35.1 Å². The monoisotopic (exact) mass is 451 g/mol. The molecule has 0 spiro atoms. The van der Waals surface area contributed by atoms with Crippen LogP contribution in [-0.4, -0.2) is 23.4 Å². The molecule has 0 bridgehead atoms. The molecule has 6 nitrogen and oxygen atoms in total. The van der Waals surface area contributed by atoms with Gasteiger partial charge in [-0.2, -0.15) is 0 Å². The predicted molar refractivity (Wildman–Crippen MR) is 115 cm³/mol. The highest BCUT2D eigenvalue weighted by atomic mass is 19.1. The molecule has 2 aliphatic rings. The molecule has 168 valence electrons. The van der Waals surface area contributed by atoms with Crippen LogP contribution in [-0.2, 0) is 16.0 Å². The molecule has 1 atom stereocenters. The number of fused-ring (bicyclic) bond motifs is 1. The van der Waals surface area contributed by atoms with Crippen LogP contribution < -0.4 is 9.64 Å². The Hall–Kier alpha value is -3.94. The van der Waals surface area contributed by atoms with Crippen LogP contribution in [0.25, 0.3) is 5.76 Å². The van der Waals surface area contributed by atoms with Crippen molar-refractivity contribution in [2.45, 2.75) is 25.8 Å². The summed E-state index contributed by atoms with van der Waals surface area (Å²) in [6.07, 6.45) is 1.56. The maximum atomic E-state index is 14.7. The summed E-state index contributed by atoms with van der Waals surface area (Å²) in [7, 11) is 0. The first kappa shape index (κ1) is 20.9. The molecule has 5 rings (SSSR count). The topological polar surface area (TPSA) is 80.0 Å². The van der Waals surface area contributed by atoms with E-state index in [1.165, 1.54) is 0 Å². The number of halogens is 2. The van der Waals surface area contributed by atoms with E-state index in [0.29, 0.717) is 29.7 Å². The summed E-state index contributed by atoms with van der Waals surface area (Å²) in [6.45, 7) is 2.28. The maximum Gasteiger partial charge on any atom is 0.300 e. The van der Waals surface area contributed by atoms with Gasteiger partial charge in [-0.05, 0) is 67.8 Å². The molecule has 3 heterocycles. The number of carbonyl (C=O) groups excluding carboxylic acids is 2.